The first kappa shape index (κ1) is 21.9. The fraction of sp³-hybridized carbons (Fsp3) is 0.333. The maximum Gasteiger partial charge on any atom is 0.271 e. The average Bonchev–Trinajstić information content (AvgIpc) is 3.12. The third-order valence-electron chi connectivity index (χ3n) is 4.62. The second kappa shape index (κ2) is 9.38. The van der Waals surface area contributed by atoms with Gasteiger partial charge in [0, 0.05) is 25.8 Å². The molecule has 1 amide bonds. The van der Waals surface area contributed by atoms with Gasteiger partial charge in [0.2, 0.25) is 15.6 Å². The Hall–Kier alpha value is -2.75. The smallest absolute Gasteiger partial charge is 0.271 e. The first-order valence-corrected chi connectivity index (χ1v) is 11.1. The van der Waals surface area contributed by atoms with Crippen LogP contribution in [0.1, 0.15) is 24.5 Å². The molecule has 1 atom stereocenters. The van der Waals surface area contributed by atoms with Gasteiger partial charge in [0.05, 0.1) is 18.1 Å². The number of amides is 1. The molecule has 30 heavy (non-hydrogen) atoms. The van der Waals surface area contributed by atoms with Crippen LogP contribution in [0.4, 0.5) is 5.69 Å². The Morgan fingerprint density at radius 1 is 1.20 bits per heavy atom. The Bertz CT molecular complexity index is 1020. The van der Waals surface area contributed by atoms with E-state index in [9.17, 15) is 13.2 Å². The van der Waals surface area contributed by atoms with Gasteiger partial charge in [-0.1, -0.05) is 47.6 Å². The number of carbonyl (C=O) groups is 1. The van der Waals surface area contributed by atoms with Crippen LogP contribution in [0.15, 0.2) is 59.8 Å². The average molecular weight is 432 g/mol. The predicted molar refractivity (Wildman–Crippen MR) is 115 cm³/mol. The van der Waals surface area contributed by atoms with Gasteiger partial charge in [0.25, 0.3) is 5.91 Å². The van der Waals surface area contributed by atoms with Crippen molar-refractivity contribution >= 4 is 27.3 Å². The number of benzene rings is 2. The highest BCUT2D eigenvalue weighted by Crippen LogP contribution is 2.28. The number of oxime groups is 1. The molecule has 0 radical (unpaired) electrons. The van der Waals surface area contributed by atoms with Gasteiger partial charge in [-0.05, 0) is 30.2 Å². The summed E-state index contributed by atoms with van der Waals surface area (Å²) in [6.07, 6.45) is 0.334. The molecular weight excluding hydrogens is 406 g/mol. The summed E-state index contributed by atoms with van der Waals surface area (Å²) in [6.45, 7) is 2.17. The van der Waals surface area contributed by atoms with E-state index in [1.165, 1.54) is 7.11 Å². The predicted octanol–water partition coefficient (Wildman–Crippen LogP) is 2.27. The summed E-state index contributed by atoms with van der Waals surface area (Å²) >= 11 is 0. The van der Waals surface area contributed by atoms with Gasteiger partial charge in [-0.2, -0.15) is 0 Å². The number of nitrogens with zero attached hydrogens (tertiary/aromatic N) is 1. The Morgan fingerprint density at radius 2 is 1.97 bits per heavy atom. The van der Waals surface area contributed by atoms with Crippen molar-refractivity contribution in [1.82, 2.24) is 4.72 Å². The molecule has 3 rings (SSSR count). The lowest BCUT2D eigenvalue weighted by molar-refractivity contribution is -0.135. The highest BCUT2D eigenvalue weighted by Gasteiger charge is 2.42. The summed E-state index contributed by atoms with van der Waals surface area (Å²) in [5.41, 5.74) is 1.51. The number of nitrogens with one attached hydrogen (secondary N) is 2. The van der Waals surface area contributed by atoms with Crippen molar-refractivity contribution in [3.8, 4) is 0 Å². The minimum absolute atomic E-state index is 0.199. The largest absolute Gasteiger partial charge is 0.383 e. The van der Waals surface area contributed by atoms with E-state index in [2.05, 4.69) is 15.2 Å². The summed E-state index contributed by atoms with van der Waals surface area (Å²) < 4.78 is 31.6. The van der Waals surface area contributed by atoms with E-state index in [0.29, 0.717) is 30.0 Å². The first-order valence-electron chi connectivity index (χ1n) is 9.48. The Balaban J connectivity index is 1.63. The van der Waals surface area contributed by atoms with E-state index in [-0.39, 0.29) is 18.2 Å². The summed E-state index contributed by atoms with van der Waals surface area (Å²) in [5, 5.41) is 6.88. The molecule has 1 aliphatic heterocycles. The second-order valence-corrected chi connectivity index (χ2v) is 9.01. The first-order chi connectivity index (χ1) is 14.3. The van der Waals surface area contributed by atoms with Crippen LogP contribution < -0.4 is 10.0 Å². The van der Waals surface area contributed by atoms with E-state index >= 15 is 0 Å². The standard InChI is InChI=1S/C21H25N3O5S/c1-21(14-19(24-29-21)17-8-4-3-5-9-17)20(25)23-18-10-6-7-16(13-18)15-30(26,27)22-11-12-28-2/h3-10,13,22H,11-12,14-15H2,1-2H3,(H,23,25). The van der Waals surface area contributed by atoms with Gasteiger partial charge < -0.3 is 14.9 Å². The lowest BCUT2D eigenvalue weighted by Crippen LogP contribution is -2.40. The molecule has 1 aliphatic rings. The molecule has 0 aliphatic carbocycles. The van der Waals surface area contributed by atoms with Crippen molar-refractivity contribution in [2.45, 2.75) is 24.7 Å². The summed E-state index contributed by atoms with van der Waals surface area (Å²) in [5.74, 6) is -0.550. The zero-order valence-electron chi connectivity index (χ0n) is 16.9. The number of hydrogen-bond acceptors (Lipinski definition) is 6. The van der Waals surface area contributed by atoms with Crippen LogP contribution in [-0.4, -0.2) is 45.9 Å². The van der Waals surface area contributed by atoms with E-state index in [1.807, 2.05) is 30.3 Å². The molecule has 0 saturated heterocycles. The quantitative estimate of drug-likeness (QED) is 0.593. The normalized spacial score (nSPS) is 18.5. The van der Waals surface area contributed by atoms with Crippen LogP contribution in [0, 0.1) is 0 Å². The van der Waals surface area contributed by atoms with Gasteiger partial charge >= 0.3 is 0 Å². The number of rotatable bonds is 9. The van der Waals surface area contributed by atoms with Crippen molar-refractivity contribution in [3.05, 3.63) is 65.7 Å². The maximum atomic E-state index is 12.8. The van der Waals surface area contributed by atoms with Crippen LogP contribution in [-0.2, 0) is 30.1 Å². The van der Waals surface area contributed by atoms with Gasteiger partial charge in [0.15, 0.2) is 0 Å². The molecule has 0 fully saturated rings. The maximum absolute atomic E-state index is 12.8. The van der Waals surface area contributed by atoms with Crippen molar-refractivity contribution in [1.29, 1.82) is 0 Å². The van der Waals surface area contributed by atoms with Crippen LogP contribution >= 0.6 is 0 Å². The molecule has 0 bridgehead atoms. The second-order valence-electron chi connectivity index (χ2n) is 7.20. The van der Waals surface area contributed by atoms with Gasteiger partial charge in [-0.3, -0.25) is 4.79 Å². The van der Waals surface area contributed by atoms with Crippen LogP contribution in [0.3, 0.4) is 0 Å². The molecule has 2 aromatic rings. The van der Waals surface area contributed by atoms with Crippen molar-refractivity contribution in [3.63, 3.8) is 0 Å². The fourth-order valence-electron chi connectivity index (χ4n) is 3.02. The molecule has 1 unspecified atom stereocenters. The monoisotopic (exact) mass is 431 g/mol. The van der Waals surface area contributed by atoms with Crippen LogP contribution in [0.5, 0.6) is 0 Å². The fourth-order valence-corrected chi connectivity index (χ4v) is 4.13. The number of carbonyl (C=O) groups excluding carboxylic acids is 1. The molecule has 9 heteroatoms. The number of anilines is 1. The van der Waals surface area contributed by atoms with E-state index in [4.69, 9.17) is 9.57 Å². The van der Waals surface area contributed by atoms with Gasteiger partial charge in [0.1, 0.15) is 0 Å². The zero-order chi connectivity index (χ0) is 21.6. The molecule has 160 valence electrons. The molecule has 1 heterocycles. The number of hydrogen-bond donors (Lipinski definition) is 2. The lowest BCUT2D eigenvalue weighted by atomic mass is 9.95. The number of ether oxygens (including phenoxy) is 1. The molecule has 8 nitrogen and oxygen atoms in total. The summed E-state index contributed by atoms with van der Waals surface area (Å²) in [4.78, 5) is 18.3. The van der Waals surface area contributed by atoms with Crippen LogP contribution in [0.2, 0.25) is 0 Å². The third-order valence-corrected chi connectivity index (χ3v) is 5.98. The van der Waals surface area contributed by atoms with Crippen molar-refractivity contribution in [2.24, 2.45) is 5.16 Å². The Morgan fingerprint density at radius 3 is 2.70 bits per heavy atom. The van der Waals surface area contributed by atoms with Gasteiger partial charge in [-0.25, -0.2) is 13.1 Å². The minimum Gasteiger partial charge on any atom is -0.383 e. The molecule has 0 spiro atoms. The highest BCUT2D eigenvalue weighted by molar-refractivity contribution is 7.88. The number of methoxy groups -OCH3 is 1. The van der Waals surface area contributed by atoms with Gasteiger partial charge in [-0.15, -0.1) is 0 Å². The Kier molecular flexibility index (Phi) is 6.86. The Labute approximate surface area is 176 Å². The molecule has 2 N–H and O–H groups in total. The molecule has 0 aromatic heterocycles. The van der Waals surface area contributed by atoms with Crippen molar-refractivity contribution < 1.29 is 22.8 Å². The minimum atomic E-state index is -3.50. The van der Waals surface area contributed by atoms with E-state index in [1.54, 1.807) is 31.2 Å². The summed E-state index contributed by atoms with van der Waals surface area (Å²) in [6, 6.07) is 16.2. The summed E-state index contributed by atoms with van der Waals surface area (Å²) in [7, 11) is -2.00. The van der Waals surface area contributed by atoms with E-state index < -0.39 is 15.6 Å². The number of sulfonamides is 1. The lowest BCUT2D eigenvalue weighted by Gasteiger charge is -2.20. The van der Waals surface area contributed by atoms with Crippen molar-refractivity contribution in [2.75, 3.05) is 25.6 Å². The van der Waals surface area contributed by atoms with Crippen LogP contribution in [0.25, 0.3) is 0 Å². The molecule has 0 saturated carbocycles. The molecule has 2 aromatic carbocycles. The highest BCUT2D eigenvalue weighted by atomic mass is 32.2. The zero-order valence-corrected chi connectivity index (χ0v) is 17.7. The third kappa shape index (κ3) is 5.65. The van der Waals surface area contributed by atoms with E-state index in [0.717, 1.165) is 5.56 Å². The SMILES string of the molecule is COCCNS(=O)(=O)Cc1cccc(NC(=O)C2(C)CC(c3ccccc3)=NO2)c1. The molecular formula is C21H25N3O5S. The topological polar surface area (TPSA) is 106 Å².